The van der Waals surface area contributed by atoms with Crippen LogP contribution in [0.3, 0.4) is 0 Å². The zero-order valence-electron chi connectivity index (χ0n) is 16.7. The molecule has 1 N–H and O–H groups in total. The number of piperidine rings is 1. The number of benzene rings is 1. The first kappa shape index (κ1) is 20.9. The zero-order chi connectivity index (χ0) is 18.7. The lowest BCUT2D eigenvalue weighted by molar-refractivity contribution is 0.0606. The van der Waals surface area contributed by atoms with E-state index < -0.39 is 0 Å². The molecule has 2 aliphatic heterocycles. The second kappa shape index (κ2) is 9.10. The zero-order valence-corrected chi connectivity index (χ0v) is 17.5. The molecule has 0 saturated carbocycles. The van der Waals surface area contributed by atoms with Crippen molar-refractivity contribution in [2.45, 2.75) is 45.6 Å². The topological polar surface area (TPSA) is 50.2 Å². The van der Waals surface area contributed by atoms with Crippen LogP contribution in [0, 0.1) is 5.41 Å². The van der Waals surface area contributed by atoms with Gasteiger partial charge in [-0.25, -0.2) is 0 Å². The molecular formula is C22H31ClN4O. The summed E-state index contributed by atoms with van der Waals surface area (Å²) in [5, 5.41) is 8.07. The fraction of sp³-hybridized carbons (Fsp3) is 0.545. The van der Waals surface area contributed by atoms with Gasteiger partial charge in [-0.1, -0.05) is 43.7 Å². The van der Waals surface area contributed by atoms with Crippen molar-refractivity contribution >= 4 is 18.3 Å². The van der Waals surface area contributed by atoms with E-state index in [1.807, 2.05) is 27.8 Å². The minimum absolute atomic E-state index is 0. The predicted molar refractivity (Wildman–Crippen MR) is 114 cm³/mol. The second-order valence-electron chi connectivity index (χ2n) is 8.12. The largest absolute Gasteiger partial charge is 0.338 e. The van der Waals surface area contributed by atoms with Crippen LogP contribution in [0.2, 0.25) is 0 Å². The Morgan fingerprint density at radius 1 is 1.18 bits per heavy atom. The van der Waals surface area contributed by atoms with Crippen LogP contribution in [0.5, 0.6) is 0 Å². The summed E-state index contributed by atoms with van der Waals surface area (Å²) in [6.45, 7) is 6.86. The molecule has 1 amide bonds. The maximum atomic E-state index is 13.2. The Kier molecular flexibility index (Phi) is 6.78. The number of carbonyl (C=O) groups excluding carboxylic acids is 1. The molecule has 0 atom stereocenters. The molecule has 1 aromatic heterocycles. The van der Waals surface area contributed by atoms with Crippen molar-refractivity contribution in [2.75, 3.05) is 26.2 Å². The number of hydrogen-bond acceptors (Lipinski definition) is 3. The van der Waals surface area contributed by atoms with Gasteiger partial charge in [-0.05, 0) is 43.2 Å². The first-order valence-electron chi connectivity index (χ1n) is 10.3. The standard InChI is InChI=1S/C22H30N4O.ClH/c1-2-6-20-19(15-24-26(20)16-18-7-4-3-5-8-18)21(27)25-13-10-22(11-14-25)9-12-23-17-22;/h3-5,7-8,15,23H,2,6,9-14,16-17H2,1H3;1H. The first-order valence-corrected chi connectivity index (χ1v) is 10.3. The van der Waals surface area contributed by atoms with E-state index in [1.165, 1.54) is 12.0 Å². The SMILES string of the molecule is CCCc1c(C(=O)N2CCC3(CCNC3)CC2)cnn1Cc1ccccc1.Cl. The highest BCUT2D eigenvalue weighted by molar-refractivity contribution is 5.95. The molecule has 2 aliphatic rings. The van der Waals surface area contributed by atoms with Crippen LogP contribution in [-0.4, -0.2) is 46.8 Å². The molecule has 5 nitrogen and oxygen atoms in total. The Morgan fingerprint density at radius 2 is 1.93 bits per heavy atom. The van der Waals surface area contributed by atoms with Crippen LogP contribution in [-0.2, 0) is 13.0 Å². The monoisotopic (exact) mass is 402 g/mol. The Labute approximate surface area is 173 Å². The number of carbonyl (C=O) groups is 1. The summed E-state index contributed by atoms with van der Waals surface area (Å²) in [6, 6.07) is 10.3. The van der Waals surface area contributed by atoms with Crippen LogP contribution >= 0.6 is 12.4 Å². The molecule has 3 heterocycles. The van der Waals surface area contributed by atoms with Gasteiger partial charge in [-0.3, -0.25) is 9.48 Å². The van der Waals surface area contributed by atoms with Gasteiger partial charge in [-0.2, -0.15) is 5.10 Å². The Bertz CT molecular complexity index is 773. The third-order valence-electron chi connectivity index (χ3n) is 6.28. The average molecular weight is 403 g/mol. The Morgan fingerprint density at radius 3 is 2.57 bits per heavy atom. The molecule has 0 aliphatic carbocycles. The van der Waals surface area contributed by atoms with Crippen molar-refractivity contribution in [1.29, 1.82) is 0 Å². The maximum absolute atomic E-state index is 13.2. The van der Waals surface area contributed by atoms with Crippen molar-refractivity contribution < 1.29 is 4.79 Å². The minimum atomic E-state index is 0. The summed E-state index contributed by atoms with van der Waals surface area (Å²) in [7, 11) is 0. The molecule has 28 heavy (non-hydrogen) atoms. The van der Waals surface area contributed by atoms with Crippen LogP contribution in [0.15, 0.2) is 36.5 Å². The van der Waals surface area contributed by atoms with E-state index in [9.17, 15) is 4.79 Å². The number of amides is 1. The number of hydrogen-bond donors (Lipinski definition) is 1. The summed E-state index contributed by atoms with van der Waals surface area (Å²) in [5.74, 6) is 0.165. The lowest BCUT2D eigenvalue weighted by atomic mass is 9.78. The molecule has 6 heteroatoms. The van der Waals surface area contributed by atoms with Crippen LogP contribution < -0.4 is 5.32 Å². The molecule has 152 valence electrons. The fourth-order valence-electron chi connectivity index (χ4n) is 4.56. The molecule has 0 bridgehead atoms. The van der Waals surface area contributed by atoms with Gasteiger partial charge in [-0.15, -0.1) is 12.4 Å². The van der Waals surface area contributed by atoms with Gasteiger partial charge in [0.15, 0.2) is 0 Å². The van der Waals surface area contributed by atoms with E-state index in [-0.39, 0.29) is 18.3 Å². The number of likely N-dealkylation sites (tertiary alicyclic amines) is 1. The molecule has 2 saturated heterocycles. The van der Waals surface area contributed by atoms with Gasteiger partial charge in [0.1, 0.15) is 0 Å². The quantitative estimate of drug-likeness (QED) is 0.832. The van der Waals surface area contributed by atoms with Gasteiger partial charge in [0, 0.05) is 19.6 Å². The lowest BCUT2D eigenvalue weighted by Gasteiger charge is -2.38. The van der Waals surface area contributed by atoms with Crippen molar-refractivity contribution in [3.05, 3.63) is 53.3 Å². The molecule has 1 aromatic carbocycles. The van der Waals surface area contributed by atoms with Crippen molar-refractivity contribution in [3.8, 4) is 0 Å². The van der Waals surface area contributed by atoms with E-state index in [2.05, 4.69) is 29.5 Å². The molecule has 4 rings (SSSR count). The van der Waals surface area contributed by atoms with E-state index in [0.29, 0.717) is 5.41 Å². The smallest absolute Gasteiger partial charge is 0.257 e. The van der Waals surface area contributed by atoms with Gasteiger partial charge in [0.2, 0.25) is 0 Å². The average Bonchev–Trinajstić information content (AvgIpc) is 3.31. The highest BCUT2D eigenvalue weighted by atomic mass is 35.5. The summed E-state index contributed by atoms with van der Waals surface area (Å²) in [4.78, 5) is 15.3. The highest BCUT2D eigenvalue weighted by Gasteiger charge is 2.38. The third kappa shape index (κ3) is 4.26. The Hall–Kier alpha value is -1.85. The van der Waals surface area contributed by atoms with Crippen molar-refractivity contribution in [3.63, 3.8) is 0 Å². The molecule has 0 unspecified atom stereocenters. The highest BCUT2D eigenvalue weighted by Crippen LogP contribution is 2.37. The van der Waals surface area contributed by atoms with Crippen LogP contribution in [0.4, 0.5) is 0 Å². The molecular weight excluding hydrogens is 372 g/mol. The number of rotatable bonds is 5. The van der Waals surface area contributed by atoms with Gasteiger partial charge >= 0.3 is 0 Å². The van der Waals surface area contributed by atoms with Crippen LogP contribution in [0.1, 0.15) is 54.2 Å². The summed E-state index contributed by atoms with van der Waals surface area (Å²) in [6.07, 6.45) is 7.17. The molecule has 2 aromatic rings. The van der Waals surface area contributed by atoms with Crippen molar-refractivity contribution in [2.24, 2.45) is 5.41 Å². The van der Waals surface area contributed by atoms with Gasteiger partial charge < -0.3 is 10.2 Å². The van der Waals surface area contributed by atoms with Gasteiger partial charge in [0.25, 0.3) is 5.91 Å². The normalized spacial score (nSPS) is 18.2. The summed E-state index contributed by atoms with van der Waals surface area (Å²) < 4.78 is 2.01. The number of aromatic nitrogens is 2. The number of nitrogens with one attached hydrogen (secondary N) is 1. The van der Waals surface area contributed by atoms with E-state index in [1.54, 1.807) is 6.20 Å². The lowest BCUT2D eigenvalue weighted by Crippen LogP contribution is -2.44. The van der Waals surface area contributed by atoms with Gasteiger partial charge in [0.05, 0.1) is 24.0 Å². The first-order chi connectivity index (χ1) is 13.2. The molecule has 2 fully saturated rings. The minimum Gasteiger partial charge on any atom is -0.338 e. The number of halogens is 1. The molecule has 0 radical (unpaired) electrons. The summed E-state index contributed by atoms with van der Waals surface area (Å²) >= 11 is 0. The second-order valence-corrected chi connectivity index (χ2v) is 8.12. The third-order valence-corrected chi connectivity index (χ3v) is 6.28. The summed E-state index contributed by atoms with van der Waals surface area (Å²) in [5.41, 5.74) is 3.52. The van der Waals surface area contributed by atoms with E-state index in [0.717, 1.165) is 69.7 Å². The van der Waals surface area contributed by atoms with Crippen LogP contribution in [0.25, 0.3) is 0 Å². The molecule has 1 spiro atoms. The van der Waals surface area contributed by atoms with E-state index in [4.69, 9.17) is 0 Å². The van der Waals surface area contributed by atoms with Crippen molar-refractivity contribution in [1.82, 2.24) is 20.0 Å². The number of nitrogens with zero attached hydrogens (tertiary/aromatic N) is 3. The van der Waals surface area contributed by atoms with E-state index >= 15 is 0 Å². The maximum Gasteiger partial charge on any atom is 0.257 e. The fourth-order valence-corrected chi connectivity index (χ4v) is 4.56. The predicted octanol–water partition coefficient (Wildman–Crippen LogP) is 3.52. The Balaban J connectivity index is 0.00000225.